The van der Waals surface area contributed by atoms with Gasteiger partial charge in [0.15, 0.2) is 0 Å². The van der Waals surface area contributed by atoms with Crippen LogP contribution in [-0.4, -0.2) is 71.0 Å². The minimum atomic E-state index is -0.698. The van der Waals surface area contributed by atoms with Crippen molar-refractivity contribution in [1.29, 1.82) is 0 Å². The van der Waals surface area contributed by atoms with Crippen molar-refractivity contribution < 1.29 is 24.2 Å². The SMILES string of the molecule is Cc1cccc(COc2ccc(/C(O)=C3/C(=O)C(=O)N(CCN4CCOCC4)C3c3ccncc3)cc2)c1. The summed E-state index contributed by atoms with van der Waals surface area (Å²) in [7, 11) is 0. The number of benzene rings is 2. The van der Waals surface area contributed by atoms with Gasteiger partial charge in [0.1, 0.15) is 18.1 Å². The summed E-state index contributed by atoms with van der Waals surface area (Å²) < 4.78 is 11.3. The minimum Gasteiger partial charge on any atom is -0.507 e. The van der Waals surface area contributed by atoms with Gasteiger partial charge in [-0.3, -0.25) is 19.5 Å². The molecule has 0 saturated carbocycles. The zero-order valence-corrected chi connectivity index (χ0v) is 21.4. The molecule has 0 aliphatic carbocycles. The van der Waals surface area contributed by atoms with Crippen molar-refractivity contribution in [3.8, 4) is 5.75 Å². The number of morpholine rings is 1. The van der Waals surface area contributed by atoms with E-state index in [2.05, 4.69) is 16.0 Å². The second-order valence-electron chi connectivity index (χ2n) is 9.53. The van der Waals surface area contributed by atoms with Crippen molar-refractivity contribution in [3.05, 3.63) is 101 Å². The maximum absolute atomic E-state index is 13.2. The first-order valence-electron chi connectivity index (χ1n) is 12.8. The third-order valence-corrected chi connectivity index (χ3v) is 6.94. The summed E-state index contributed by atoms with van der Waals surface area (Å²) in [5.74, 6) is -0.866. The molecule has 1 amide bonds. The van der Waals surface area contributed by atoms with Gasteiger partial charge in [-0.15, -0.1) is 0 Å². The van der Waals surface area contributed by atoms with Crippen LogP contribution < -0.4 is 4.74 Å². The third kappa shape index (κ3) is 5.61. The summed E-state index contributed by atoms with van der Waals surface area (Å²) in [6.07, 6.45) is 3.25. The predicted molar refractivity (Wildman–Crippen MR) is 142 cm³/mol. The Morgan fingerprint density at radius 1 is 1.03 bits per heavy atom. The van der Waals surface area contributed by atoms with E-state index in [1.165, 1.54) is 0 Å². The molecule has 0 radical (unpaired) electrons. The summed E-state index contributed by atoms with van der Waals surface area (Å²) in [6.45, 7) is 6.29. The number of aromatic nitrogens is 1. The Labute approximate surface area is 222 Å². The molecule has 0 spiro atoms. The van der Waals surface area contributed by atoms with Crippen molar-refractivity contribution in [2.75, 3.05) is 39.4 Å². The van der Waals surface area contributed by atoms with Gasteiger partial charge in [0.2, 0.25) is 0 Å². The largest absolute Gasteiger partial charge is 0.507 e. The van der Waals surface area contributed by atoms with E-state index in [1.807, 2.05) is 25.1 Å². The Balaban J connectivity index is 1.39. The lowest BCUT2D eigenvalue weighted by Gasteiger charge is -2.30. The third-order valence-electron chi connectivity index (χ3n) is 6.94. The van der Waals surface area contributed by atoms with Crippen molar-refractivity contribution in [2.45, 2.75) is 19.6 Å². The molecule has 1 atom stereocenters. The Bertz CT molecular complexity index is 1320. The quantitative estimate of drug-likeness (QED) is 0.279. The molecule has 0 bridgehead atoms. The summed E-state index contributed by atoms with van der Waals surface area (Å²) in [6, 6.07) is 17.8. The fraction of sp³-hybridized carbons (Fsp3) is 0.300. The number of aryl methyl sites for hydroxylation is 1. The molecule has 2 aromatic carbocycles. The van der Waals surface area contributed by atoms with Crippen LogP contribution in [0.5, 0.6) is 5.75 Å². The molecule has 2 aliphatic heterocycles. The number of ether oxygens (including phenoxy) is 2. The molecule has 2 aliphatic rings. The van der Waals surface area contributed by atoms with E-state index in [1.54, 1.807) is 53.7 Å². The highest BCUT2D eigenvalue weighted by Crippen LogP contribution is 2.39. The number of pyridine rings is 1. The molecule has 1 aromatic heterocycles. The second-order valence-corrected chi connectivity index (χ2v) is 9.53. The molecular weight excluding hydrogens is 482 g/mol. The summed E-state index contributed by atoms with van der Waals surface area (Å²) in [5, 5.41) is 11.3. The smallest absolute Gasteiger partial charge is 0.295 e. The molecule has 1 unspecified atom stereocenters. The van der Waals surface area contributed by atoms with Gasteiger partial charge in [-0.05, 0) is 54.4 Å². The highest BCUT2D eigenvalue weighted by Gasteiger charge is 2.46. The summed E-state index contributed by atoms with van der Waals surface area (Å²) in [4.78, 5) is 34.2. The van der Waals surface area contributed by atoms with Crippen LogP contribution >= 0.6 is 0 Å². The van der Waals surface area contributed by atoms with Crippen LogP contribution in [0.15, 0.2) is 78.6 Å². The van der Waals surface area contributed by atoms with Crippen molar-refractivity contribution in [1.82, 2.24) is 14.8 Å². The van der Waals surface area contributed by atoms with Crippen LogP contribution in [-0.2, 0) is 20.9 Å². The molecule has 8 heteroatoms. The minimum absolute atomic E-state index is 0.0802. The molecular formula is C30H31N3O5. The van der Waals surface area contributed by atoms with Gasteiger partial charge in [-0.1, -0.05) is 29.8 Å². The molecule has 1 N–H and O–H groups in total. The molecule has 196 valence electrons. The second kappa shape index (κ2) is 11.6. The van der Waals surface area contributed by atoms with E-state index >= 15 is 0 Å². The monoisotopic (exact) mass is 513 g/mol. The number of likely N-dealkylation sites (tertiary alicyclic amines) is 1. The number of ketones is 1. The maximum atomic E-state index is 13.2. The van der Waals surface area contributed by atoms with E-state index in [-0.39, 0.29) is 11.3 Å². The summed E-state index contributed by atoms with van der Waals surface area (Å²) >= 11 is 0. The number of Topliss-reactive ketones (excluding diaryl/α,β-unsaturated/α-hetero) is 1. The van der Waals surface area contributed by atoms with Crippen molar-refractivity contribution >= 4 is 17.4 Å². The summed E-state index contributed by atoms with van der Waals surface area (Å²) in [5.41, 5.74) is 3.47. The van der Waals surface area contributed by atoms with Gasteiger partial charge in [0, 0.05) is 44.1 Å². The molecule has 3 heterocycles. The van der Waals surface area contributed by atoms with Gasteiger partial charge >= 0.3 is 0 Å². The number of aliphatic hydroxyl groups is 1. The highest BCUT2D eigenvalue weighted by atomic mass is 16.5. The first-order valence-corrected chi connectivity index (χ1v) is 12.8. The lowest BCUT2D eigenvalue weighted by Crippen LogP contribution is -2.42. The zero-order chi connectivity index (χ0) is 26.5. The molecule has 8 nitrogen and oxygen atoms in total. The van der Waals surface area contributed by atoms with E-state index in [0.717, 1.165) is 29.8 Å². The fourth-order valence-corrected chi connectivity index (χ4v) is 4.91. The average Bonchev–Trinajstić information content (AvgIpc) is 3.21. The topological polar surface area (TPSA) is 92.2 Å². The van der Waals surface area contributed by atoms with Gasteiger partial charge in [-0.2, -0.15) is 0 Å². The lowest BCUT2D eigenvalue weighted by atomic mass is 9.96. The number of nitrogens with zero attached hydrogens (tertiary/aromatic N) is 3. The van der Waals surface area contributed by atoms with E-state index < -0.39 is 17.7 Å². The van der Waals surface area contributed by atoms with Crippen LogP contribution in [0.4, 0.5) is 0 Å². The number of hydrogen-bond donors (Lipinski definition) is 1. The number of amides is 1. The number of aliphatic hydroxyl groups excluding tert-OH is 1. The van der Waals surface area contributed by atoms with Crippen molar-refractivity contribution in [3.63, 3.8) is 0 Å². The van der Waals surface area contributed by atoms with E-state index in [9.17, 15) is 14.7 Å². The van der Waals surface area contributed by atoms with Gasteiger partial charge in [0.25, 0.3) is 11.7 Å². The average molecular weight is 514 g/mol. The van der Waals surface area contributed by atoms with Crippen molar-refractivity contribution in [2.24, 2.45) is 0 Å². The zero-order valence-electron chi connectivity index (χ0n) is 21.4. The van der Waals surface area contributed by atoms with Crippen LogP contribution in [0.3, 0.4) is 0 Å². The van der Waals surface area contributed by atoms with Gasteiger partial charge in [0.05, 0.1) is 24.8 Å². The molecule has 2 saturated heterocycles. The van der Waals surface area contributed by atoms with E-state index in [0.29, 0.717) is 44.2 Å². The number of carbonyl (C=O) groups is 2. The number of hydrogen-bond acceptors (Lipinski definition) is 7. The Morgan fingerprint density at radius 2 is 1.76 bits per heavy atom. The number of carbonyl (C=O) groups excluding carboxylic acids is 2. The Morgan fingerprint density at radius 3 is 2.47 bits per heavy atom. The predicted octanol–water partition coefficient (Wildman–Crippen LogP) is 3.72. The maximum Gasteiger partial charge on any atom is 0.295 e. The highest BCUT2D eigenvalue weighted by molar-refractivity contribution is 6.46. The van der Waals surface area contributed by atoms with Gasteiger partial charge < -0.3 is 19.5 Å². The number of rotatable bonds is 8. The molecule has 5 rings (SSSR count). The van der Waals surface area contributed by atoms with Gasteiger partial charge in [-0.25, -0.2) is 0 Å². The Hall–Kier alpha value is -4.01. The lowest BCUT2D eigenvalue weighted by molar-refractivity contribution is -0.140. The van der Waals surface area contributed by atoms with Crippen LogP contribution in [0.1, 0.15) is 28.3 Å². The molecule has 2 fully saturated rings. The standard InChI is InChI=1S/C30H31N3O5/c1-21-3-2-4-22(19-21)20-38-25-7-5-24(6-8-25)28(34)26-27(23-9-11-31-12-10-23)33(30(36)29(26)35)14-13-32-15-17-37-18-16-32/h2-12,19,27,34H,13-18,20H2,1H3/b28-26-. The first-order chi connectivity index (χ1) is 18.5. The molecule has 38 heavy (non-hydrogen) atoms. The van der Waals surface area contributed by atoms with Crippen LogP contribution in [0.25, 0.3) is 5.76 Å². The first kappa shape index (κ1) is 25.6. The van der Waals surface area contributed by atoms with E-state index in [4.69, 9.17) is 9.47 Å². The normalized spacial score (nSPS) is 19.6. The Kier molecular flexibility index (Phi) is 7.81. The fourth-order valence-electron chi connectivity index (χ4n) is 4.91. The molecule has 3 aromatic rings. The van der Waals surface area contributed by atoms with Crippen LogP contribution in [0, 0.1) is 6.92 Å². The van der Waals surface area contributed by atoms with Crippen LogP contribution in [0.2, 0.25) is 0 Å².